The van der Waals surface area contributed by atoms with Gasteiger partial charge in [-0.3, -0.25) is 0 Å². The van der Waals surface area contributed by atoms with E-state index in [9.17, 15) is 13.2 Å². The Kier molecular flexibility index (Phi) is 5.25. The first-order valence-electron chi connectivity index (χ1n) is 8.18. The van der Waals surface area contributed by atoms with E-state index in [1.165, 1.54) is 11.6 Å². The molecule has 0 saturated heterocycles. The molecule has 2 aromatic carbocycles. The fourth-order valence-electron chi connectivity index (χ4n) is 2.58. The predicted octanol–water partition coefficient (Wildman–Crippen LogP) is 5.01. The molecule has 26 heavy (non-hydrogen) atoms. The van der Waals surface area contributed by atoms with Crippen LogP contribution < -0.4 is 4.90 Å². The molecule has 0 saturated carbocycles. The lowest BCUT2D eigenvalue weighted by molar-refractivity contribution is 0.116. The average molecular weight is 361 g/mol. The van der Waals surface area contributed by atoms with Crippen molar-refractivity contribution in [1.29, 1.82) is 0 Å². The van der Waals surface area contributed by atoms with Crippen LogP contribution in [0.15, 0.2) is 46.9 Å². The lowest BCUT2D eigenvalue weighted by Gasteiger charge is -2.20. The molecule has 3 aromatic rings. The van der Waals surface area contributed by atoms with Crippen LogP contribution in [-0.2, 0) is 13.0 Å². The highest BCUT2D eigenvalue weighted by Gasteiger charge is 2.18. The van der Waals surface area contributed by atoms with Crippen molar-refractivity contribution >= 4 is 5.69 Å². The topological polar surface area (TPSA) is 42.2 Å². The molecule has 136 valence electrons. The van der Waals surface area contributed by atoms with E-state index in [-0.39, 0.29) is 11.5 Å². The van der Waals surface area contributed by atoms with Crippen molar-refractivity contribution in [3.63, 3.8) is 0 Å². The minimum atomic E-state index is -2.85. The van der Waals surface area contributed by atoms with Crippen molar-refractivity contribution in [3.05, 3.63) is 65.3 Å². The van der Waals surface area contributed by atoms with Gasteiger partial charge in [0, 0.05) is 30.4 Å². The molecule has 4 nitrogen and oxygen atoms in total. The maximum absolute atomic E-state index is 14.4. The Morgan fingerprint density at radius 2 is 1.81 bits per heavy atom. The van der Waals surface area contributed by atoms with E-state index in [1.807, 2.05) is 36.2 Å². The highest BCUT2D eigenvalue weighted by Crippen LogP contribution is 2.25. The summed E-state index contributed by atoms with van der Waals surface area (Å²) in [5, 5.41) is 6.78. The number of hydrogen-bond donors (Lipinski definition) is 0. The summed E-state index contributed by atoms with van der Waals surface area (Å²) >= 11 is 0. The minimum absolute atomic E-state index is 0.130. The van der Waals surface area contributed by atoms with Crippen LogP contribution >= 0.6 is 0 Å². The number of halogens is 3. The van der Waals surface area contributed by atoms with Gasteiger partial charge < -0.3 is 9.32 Å². The molecule has 0 unspecified atom stereocenters. The first-order chi connectivity index (χ1) is 12.5. The van der Waals surface area contributed by atoms with E-state index in [4.69, 9.17) is 4.42 Å². The van der Waals surface area contributed by atoms with Crippen LogP contribution in [0, 0.1) is 5.82 Å². The molecule has 0 spiro atoms. The standard InChI is InChI=1S/C19H18F3N3O/c1-3-12-4-8-15(9-5-12)25(2)11-14-7-6-13(10-16(14)20)18-23-24-19(26-18)17(21)22/h4-10,17H,3,11H2,1-2H3. The first kappa shape index (κ1) is 18.0. The lowest BCUT2D eigenvalue weighted by Crippen LogP contribution is -2.17. The summed E-state index contributed by atoms with van der Waals surface area (Å²) in [6.45, 7) is 2.45. The SMILES string of the molecule is CCc1ccc(N(C)Cc2ccc(-c3nnc(C(F)F)o3)cc2F)cc1. The van der Waals surface area contributed by atoms with Gasteiger partial charge in [-0.05, 0) is 36.2 Å². The third-order valence-corrected chi connectivity index (χ3v) is 4.12. The number of nitrogens with zero attached hydrogens (tertiary/aromatic N) is 3. The van der Waals surface area contributed by atoms with E-state index in [0.717, 1.165) is 12.1 Å². The smallest absolute Gasteiger partial charge is 0.314 e. The molecular formula is C19H18F3N3O. The molecule has 7 heteroatoms. The highest BCUT2D eigenvalue weighted by molar-refractivity contribution is 5.54. The van der Waals surface area contributed by atoms with Crippen LogP contribution in [0.25, 0.3) is 11.5 Å². The third-order valence-electron chi connectivity index (χ3n) is 4.12. The van der Waals surface area contributed by atoms with Crippen LogP contribution in [0.3, 0.4) is 0 Å². The van der Waals surface area contributed by atoms with Crippen molar-refractivity contribution in [2.45, 2.75) is 26.3 Å². The van der Waals surface area contributed by atoms with Crippen molar-refractivity contribution in [2.24, 2.45) is 0 Å². The van der Waals surface area contributed by atoms with Crippen molar-refractivity contribution in [1.82, 2.24) is 10.2 Å². The third kappa shape index (κ3) is 3.87. The van der Waals surface area contributed by atoms with Crippen molar-refractivity contribution in [3.8, 4) is 11.5 Å². The molecule has 0 amide bonds. The summed E-state index contributed by atoms with van der Waals surface area (Å²) in [6, 6.07) is 12.5. The number of alkyl halides is 2. The molecule has 1 aromatic heterocycles. The van der Waals surface area contributed by atoms with E-state index >= 15 is 0 Å². The van der Waals surface area contributed by atoms with Gasteiger partial charge in [-0.15, -0.1) is 10.2 Å². The Morgan fingerprint density at radius 3 is 2.38 bits per heavy atom. The molecule has 0 aliphatic carbocycles. The van der Waals surface area contributed by atoms with Gasteiger partial charge in [-0.25, -0.2) is 4.39 Å². The highest BCUT2D eigenvalue weighted by atomic mass is 19.3. The van der Waals surface area contributed by atoms with E-state index in [1.54, 1.807) is 12.1 Å². The van der Waals surface area contributed by atoms with Crippen LogP contribution in [0.2, 0.25) is 0 Å². The van der Waals surface area contributed by atoms with Gasteiger partial charge in [0.25, 0.3) is 5.89 Å². The Hall–Kier alpha value is -2.83. The number of hydrogen-bond acceptors (Lipinski definition) is 4. The maximum Gasteiger partial charge on any atom is 0.314 e. The van der Waals surface area contributed by atoms with E-state index < -0.39 is 18.1 Å². The molecule has 3 rings (SSSR count). The quantitative estimate of drug-likeness (QED) is 0.619. The van der Waals surface area contributed by atoms with Gasteiger partial charge in [-0.2, -0.15) is 8.78 Å². The second-order valence-corrected chi connectivity index (χ2v) is 5.93. The number of anilines is 1. The summed E-state index contributed by atoms with van der Waals surface area (Å²) in [5.74, 6) is -1.37. The number of benzene rings is 2. The second-order valence-electron chi connectivity index (χ2n) is 5.93. The fraction of sp³-hybridized carbons (Fsp3) is 0.263. The summed E-state index contributed by atoms with van der Waals surface area (Å²) in [4.78, 5) is 1.93. The Morgan fingerprint density at radius 1 is 1.08 bits per heavy atom. The first-order valence-corrected chi connectivity index (χ1v) is 8.18. The van der Waals surface area contributed by atoms with Crippen LogP contribution in [0.1, 0.15) is 30.4 Å². The average Bonchev–Trinajstić information content (AvgIpc) is 3.14. The molecule has 0 fully saturated rings. The van der Waals surface area contributed by atoms with Gasteiger partial charge in [0.15, 0.2) is 0 Å². The lowest BCUT2D eigenvalue weighted by atomic mass is 10.1. The van der Waals surface area contributed by atoms with Crippen LogP contribution in [0.5, 0.6) is 0 Å². The fourth-order valence-corrected chi connectivity index (χ4v) is 2.58. The zero-order valence-electron chi connectivity index (χ0n) is 14.4. The minimum Gasteiger partial charge on any atom is -0.415 e. The van der Waals surface area contributed by atoms with Gasteiger partial charge in [0.05, 0.1) is 0 Å². The molecule has 0 radical (unpaired) electrons. The Bertz CT molecular complexity index is 878. The molecule has 1 heterocycles. The summed E-state index contributed by atoms with van der Waals surface area (Å²) in [7, 11) is 1.88. The maximum atomic E-state index is 14.4. The largest absolute Gasteiger partial charge is 0.415 e. The monoisotopic (exact) mass is 361 g/mol. The number of rotatable bonds is 6. The Labute approximate surface area is 149 Å². The van der Waals surface area contributed by atoms with E-state index in [2.05, 4.69) is 17.1 Å². The summed E-state index contributed by atoms with van der Waals surface area (Å²) in [6.07, 6.45) is -1.89. The van der Waals surface area contributed by atoms with Crippen LogP contribution in [-0.4, -0.2) is 17.2 Å². The van der Waals surface area contributed by atoms with Gasteiger partial charge in [-0.1, -0.05) is 25.1 Å². The summed E-state index contributed by atoms with van der Waals surface area (Å²) in [5.41, 5.74) is 2.95. The number of aromatic nitrogens is 2. The van der Waals surface area contributed by atoms with Gasteiger partial charge in [0.2, 0.25) is 5.89 Å². The van der Waals surface area contributed by atoms with Crippen molar-refractivity contribution < 1.29 is 17.6 Å². The molecule has 0 aliphatic heterocycles. The normalized spacial score (nSPS) is 11.2. The number of aryl methyl sites for hydroxylation is 1. The molecular weight excluding hydrogens is 343 g/mol. The van der Waals surface area contributed by atoms with Gasteiger partial charge in [0.1, 0.15) is 5.82 Å². The molecule has 0 bridgehead atoms. The molecule has 0 aliphatic rings. The predicted molar refractivity (Wildman–Crippen MR) is 92.6 cm³/mol. The van der Waals surface area contributed by atoms with Crippen LogP contribution in [0.4, 0.5) is 18.9 Å². The van der Waals surface area contributed by atoms with Crippen molar-refractivity contribution in [2.75, 3.05) is 11.9 Å². The van der Waals surface area contributed by atoms with Gasteiger partial charge >= 0.3 is 6.43 Å². The molecule has 0 N–H and O–H groups in total. The zero-order valence-corrected chi connectivity index (χ0v) is 14.4. The summed E-state index contributed by atoms with van der Waals surface area (Å²) < 4.78 is 44.3. The second kappa shape index (κ2) is 7.59. The zero-order chi connectivity index (χ0) is 18.7. The van der Waals surface area contributed by atoms with E-state index in [0.29, 0.717) is 12.1 Å². The Balaban J connectivity index is 1.76. The molecule has 0 atom stereocenters.